The first-order valence-electron chi connectivity index (χ1n) is 6.15. The second-order valence-electron chi connectivity index (χ2n) is 4.65. The fourth-order valence-corrected chi connectivity index (χ4v) is 2.63. The molecule has 0 spiro atoms. The van der Waals surface area contributed by atoms with Crippen molar-refractivity contribution in [2.24, 2.45) is 0 Å². The summed E-state index contributed by atoms with van der Waals surface area (Å²) in [6, 6.07) is 3.80. The van der Waals surface area contributed by atoms with Crippen LogP contribution in [0.4, 0.5) is 18.9 Å². The van der Waals surface area contributed by atoms with Gasteiger partial charge < -0.3 is 5.73 Å². The van der Waals surface area contributed by atoms with Crippen LogP contribution in [0.25, 0.3) is 0 Å². The Hall–Kier alpha value is -1.76. The monoisotopic (exact) mass is 313 g/mol. The molecule has 0 amide bonds. The third-order valence-corrected chi connectivity index (χ3v) is 4.01. The molecule has 0 aliphatic carbocycles. The number of benzene rings is 1. The van der Waals surface area contributed by atoms with Crippen LogP contribution in [0, 0.1) is 20.8 Å². The molecule has 0 fully saturated rings. The van der Waals surface area contributed by atoms with Crippen LogP contribution in [-0.2, 0) is 6.18 Å². The molecule has 112 valence electrons. The fourth-order valence-electron chi connectivity index (χ4n) is 1.74. The average Bonchev–Trinajstić information content (AvgIpc) is 2.37. The van der Waals surface area contributed by atoms with Crippen molar-refractivity contribution >= 4 is 17.4 Å². The number of alkyl halides is 3. The van der Waals surface area contributed by atoms with Crippen molar-refractivity contribution in [2.75, 3.05) is 5.73 Å². The van der Waals surface area contributed by atoms with Crippen molar-refractivity contribution in [2.45, 2.75) is 37.0 Å². The molecule has 21 heavy (non-hydrogen) atoms. The zero-order valence-electron chi connectivity index (χ0n) is 11.7. The van der Waals surface area contributed by atoms with E-state index in [0.717, 1.165) is 34.8 Å². The molecule has 2 rings (SSSR count). The summed E-state index contributed by atoms with van der Waals surface area (Å²) >= 11 is 1.09. The van der Waals surface area contributed by atoms with Gasteiger partial charge in [0, 0.05) is 22.0 Å². The lowest BCUT2D eigenvalue weighted by atomic mass is 10.2. The second-order valence-corrected chi connectivity index (χ2v) is 5.69. The number of hydrogen-bond acceptors (Lipinski definition) is 4. The molecule has 7 heteroatoms. The van der Waals surface area contributed by atoms with Crippen molar-refractivity contribution in [3.05, 3.63) is 40.7 Å². The molecular formula is C14H14F3N3S. The highest BCUT2D eigenvalue weighted by Gasteiger charge is 2.33. The summed E-state index contributed by atoms with van der Waals surface area (Å²) < 4.78 is 38.5. The number of hydrogen-bond donors (Lipinski definition) is 1. The van der Waals surface area contributed by atoms with Crippen molar-refractivity contribution in [3.63, 3.8) is 0 Å². The maximum absolute atomic E-state index is 12.8. The first kappa shape index (κ1) is 15.6. The van der Waals surface area contributed by atoms with Crippen LogP contribution in [0.2, 0.25) is 0 Å². The van der Waals surface area contributed by atoms with Crippen LogP contribution in [0.1, 0.15) is 22.5 Å². The maximum atomic E-state index is 12.8. The van der Waals surface area contributed by atoms with Gasteiger partial charge in [0.05, 0.1) is 5.56 Å². The SMILES string of the molecule is Cc1nc(Sc2ccc(N)c(C(F)(F)F)c2)nc(C)c1C. The third kappa shape index (κ3) is 3.47. The Morgan fingerprint density at radius 2 is 1.62 bits per heavy atom. The minimum absolute atomic E-state index is 0.288. The number of nitrogen functional groups attached to an aromatic ring is 1. The smallest absolute Gasteiger partial charge is 0.398 e. The summed E-state index contributed by atoms with van der Waals surface area (Å²) in [5.74, 6) is 0. The van der Waals surface area contributed by atoms with E-state index in [9.17, 15) is 13.2 Å². The molecule has 0 saturated carbocycles. The lowest BCUT2D eigenvalue weighted by molar-refractivity contribution is -0.137. The van der Waals surface area contributed by atoms with E-state index in [1.54, 1.807) is 0 Å². The van der Waals surface area contributed by atoms with Gasteiger partial charge in [0.25, 0.3) is 0 Å². The molecule has 2 N–H and O–H groups in total. The summed E-state index contributed by atoms with van der Waals surface area (Å²) in [6.45, 7) is 5.60. The van der Waals surface area contributed by atoms with Crippen molar-refractivity contribution in [1.82, 2.24) is 9.97 Å². The molecule has 0 bridgehead atoms. The molecule has 0 radical (unpaired) electrons. The average molecular weight is 313 g/mol. The number of rotatable bonds is 2. The topological polar surface area (TPSA) is 51.8 Å². The summed E-state index contributed by atoms with van der Waals surface area (Å²) in [4.78, 5) is 8.97. The van der Waals surface area contributed by atoms with Gasteiger partial charge in [0.15, 0.2) is 5.16 Å². The van der Waals surface area contributed by atoms with Gasteiger partial charge in [-0.05, 0) is 56.3 Å². The Morgan fingerprint density at radius 3 is 2.14 bits per heavy atom. The van der Waals surface area contributed by atoms with Gasteiger partial charge in [0.1, 0.15) is 0 Å². The zero-order valence-corrected chi connectivity index (χ0v) is 12.6. The normalized spacial score (nSPS) is 11.7. The lowest BCUT2D eigenvalue weighted by Crippen LogP contribution is -2.08. The van der Waals surface area contributed by atoms with E-state index < -0.39 is 11.7 Å². The number of nitrogens with zero attached hydrogens (tertiary/aromatic N) is 2. The van der Waals surface area contributed by atoms with Crippen molar-refractivity contribution < 1.29 is 13.2 Å². The summed E-state index contributed by atoms with van der Waals surface area (Å²) in [5, 5.41) is 0.425. The molecule has 0 unspecified atom stereocenters. The molecule has 0 aliphatic rings. The van der Waals surface area contributed by atoms with Gasteiger partial charge >= 0.3 is 6.18 Å². The molecule has 2 aromatic rings. The van der Waals surface area contributed by atoms with Gasteiger partial charge in [0.2, 0.25) is 0 Å². The van der Waals surface area contributed by atoms with E-state index >= 15 is 0 Å². The maximum Gasteiger partial charge on any atom is 0.418 e. The van der Waals surface area contributed by atoms with Crippen LogP contribution in [0.3, 0.4) is 0 Å². The van der Waals surface area contributed by atoms with Gasteiger partial charge in [-0.15, -0.1) is 0 Å². The quantitative estimate of drug-likeness (QED) is 0.668. The summed E-state index contributed by atoms with van der Waals surface area (Å²) in [5.41, 5.74) is 6.86. The lowest BCUT2D eigenvalue weighted by Gasteiger charge is -2.12. The van der Waals surface area contributed by atoms with E-state index in [-0.39, 0.29) is 5.69 Å². The Balaban J connectivity index is 2.37. The van der Waals surface area contributed by atoms with Crippen molar-refractivity contribution in [1.29, 1.82) is 0 Å². The Kier molecular flexibility index (Phi) is 4.13. The van der Waals surface area contributed by atoms with E-state index in [1.165, 1.54) is 12.1 Å². The highest BCUT2D eigenvalue weighted by Crippen LogP contribution is 2.37. The largest absolute Gasteiger partial charge is 0.418 e. The third-order valence-electron chi connectivity index (χ3n) is 3.15. The number of aryl methyl sites for hydroxylation is 2. The fraction of sp³-hybridized carbons (Fsp3) is 0.286. The number of aromatic nitrogens is 2. The highest BCUT2D eigenvalue weighted by molar-refractivity contribution is 7.99. The summed E-state index contributed by atoms with van der Waals surface area (Å²) in [6.07, 6.45) is -4.47. The standard InChI is InChI=1S/C14H14F3N3S/c1-7-8(2)19-13(20-9(7)3)21-10-4-5-12(18)11(6-10)14(15,16)17/h4-6H,18H2,1-3H3. The second kappa shape index (κ2) is 5.55. The first-order chi connectivity index (χ1) is 9.68. The van der Waals surface area contributed by atoms with Gasteiger partial charge in [-0.2, -0.15) is 13.2 Å². The van der Waals surface area contributed by atoms with E-state index in [2.05, 4.69) is 9.97 Å². The number of halogens is 3. The predicted octanol–water partition coefficient (Wildman–Crippen LogP) is 4.15. The van der Waals surface area contributed by atoms with Crippen LogP contribution in [-0.4, -0.2) is 9.97 Å². The van der Waals surface area contributed by atoms with E-state index in [1.807, 2.05) is 20.8 Å². The minimum atomic E-state index is -4.47. The molecule has 0 atom stereocenters. The Bertz CT molecular complexity index is 661. The molecule has 0 saturated heterocycles. The van der Waals surface area contributed by atoms with Crippen LogP contribution in [0.15, 0.2) is 28.3 Å². The number of anilines is 1. The molecule has 0 aliphatic heterocycles. The molecule has 1 aromatic heterocycles. The van der Waals surface area contributed by atoms with Gasteiger partial charge in [-0.3, -0.25) is 0 Å². The molecule has 1 heterocycles. The van der Waals surface area contributed by atoms with Crippen molar-refractivity contribution in [3.8, 4) is 0 Å². The highest BCUT2D eigenvalue weighted by atomic mass is 32.2. The van der Waals surface area contributed by atoms with Gasteiger partial charge in [-0.25, -0.2) is 9.97 Å². The summed E-state index contributed by atoms with van der Waals surface area (Å²) in [7, 11) is 0. The molecule has 3 nitrogen and oxygen atoms in total. The Morgan fingerprint density at radius 1 is 1.05 bits per heavy atom. The minimum Gasteiger partial charge on any atom is -0.398 e. The van der Waals surface area contributed by atoms with E-state index in [4.69, 9.17) is 5.73 Å². The first-order valence-corrected chi connectivity index (χ1v) is 6.96. The van der Waals surface area contributed by atoms with Crippen LogP contribution < -0.4 is 5.73 Å². The predicted molar refractivity (Wildman–Crippen MR) is 76.2 cm³/mol. The van der Waals surface area contributed by atoms with Gasteiger partial charge in [-0.1, -0.05) is 0 Å². The molecular weight excluding hydrogens is 299 g/mol. The van der Waals surface area contributed by atoms with Crippen LogP contribution in [0.5, 0.6) is 0 Å². The van der Waals surface area contributed by atoms with E-state index in [0.29, 0.717) is 10.1 Å². The Labute approximate surface area is 124 Å². The van der Waals surface area contributed by atoms with Crippen LogP contribution >= 0.6 is 11.8 Å². The number of nitrogens with two attached hydrogens (primary N) is 1. The molecule has 1 aromatic carbocycles. The zero-order chi connectivity index (χ0) is 15.8.